The molecule has 1 amide bonds. The summed E-state index contributed by atoms with van der Waals surface area (Å²) >= 11 is 0. The standard InChI is InChI=1S/C15H22N4O3.ClH/c1-2-7-18(13-5-6-17-9-13)10-12-4-3-11(15(16)20)8-14(12)19(21)22;/h3-4,8,13,17H,2,5-7,9-10H2,1H3,(H2,16,20);1H. The minimum Gasteiger partial charge on any atom is -0.366 e. The van der Waals surface area contributed by atoms with Crippen molar-refractivity contribution in [3.8, 4) is 0 Å². The number of nitro benzene ring substituents is 1. The van der Waals surface area contributed by atoms with Crippen LogP contribution in [0.3, 0.4) is 0 Å². The first-order valence-electron chi connectivity index (χ1n) is 7.54. The molecule has 8 heteroatoms. The van der Waals surface area contributed by atoms with Gasteiger partial charge in [0.1, 0.15) is 0 Å². The normalized spacial score (nSPS) is 17.0. The van der Waals surface area contributed by atoms with Gasteiger partial charge < -0.3 is 11.1 Å². The zero-order valence-electron chi connectivity index (χ0n) is 13.2. The van der Waals surface area contributed by atoms with Crippen LogP contribution in [0.1, 0.15) is 35.7 Å². The Labute approximate surface area is 141 Å². The first-order chi connectivity index (χ1) is 10.5. The fraction of sp³-hybridized carbons (Fsp3) is 0.533. The molecule has 1 atom stereocenters. The van der Waals surface area contributed by atoms with Crippen LogP contribution in [-0.4, -0.2) is 41.4 Å². The Morgan fingerprint density at radius 1 is 1.52 bits per heavy atom. The highest BCUT2D eigenvalue weighted by Crippen LogP contribution is 2.24. The molecule has 1 aliphatic heterocycles. The van der Waals surface area contributed by atoms with E-state index in [1.54, 1.807) is 12.1 Å². The summed E-state index contributed by atoms with van der Waals surface area (Å²) in [6.07, 6.45) is 2.04. The van der Waals surface area contributed by atoms with E-state index >= 15 is 0 Å². The van der Waals surface area contributed by atoms with E-state index < -0.39 is 10.8 Å². The van der Waals surface area contributed by atoms with Crippen molar-refractivity contribution in [1.29, 1.82) is 0 Å². The molecule has 1 unspecified atom stereocenters. The van der Waals surface area contributed by atoms with Crippen molar-refractivity contribution in [2.75, 3.05) is 19.6 Å². The summed E-state index contributed by atoms with van der Waals surface area (Å²) < 4.78 is 0. The molecule has 0 aromatic heterocycles. The molecule has 1 aromatic rings. The van der Waals surface area contributed by atoms with Crippen LogP contribution in [0, 0.1) is 10.1 Å². The highest BCUT2D eigenvalue weighted by atomic mass is 35.5. The third-order valence-electron chi connectivity index (χ3n) is 4.00. The third kappa shape index (κ3) is 4.89. The van der Waals surface area contributed by atoms with Crippen molar-refractivity contribution < 1.29 is 9.72 Å². The lowest BCUT2D eigenvalue weighted by Crippen LogP contribution is -2.37. The van der Waals surface area contributed by atoms with E-state index in [4.69, 9.17) is 5.73 Å². The van der Waals surface area contributed by atoms with E-state index in [9.17, 15) is 14.9 Å². The van der Waals surface area contributed by atoms with Crippen LogP contribution in [0.5, 0.6) is 0 Å². The molecule has 0 spiro atoms. The topological polar surface area (TPSA) is 102 Å². The number of nitro groups is 1. The molecule has 128 valence electrons. The largest absolute Gasteiger partial charge is 0.366 e. The molecule has 1 aliphatic rings. The molecule has 1 saturated heterocycles. The van der Waals surface area contributed by atoms with Crippen LogP contribution in [-0.2, 0) is 6.54 Å². The number of nitrogens with zero attached hydrogens (tertiary/aromatic N) is 2. The lowest BCUT2D eigenvalue weighted by Gasteiger charge is -2.27. The SMILES string of the molecule is CCCN(Cc1ccc(C(N)=O)cc1[N+](=O)[O-])C1CCNC1.Cl. The average Bonchev–Trinajstić information content (AvgIpc) is 3.00. The molecule has 2 rings (SSSR count). The summed E-state index contributed by atoms with van der Waals surface area (Å²) in [6, 6.07) is 4.87. The predicted molar refractivity (Wildman–Crippen MR) is 90.8 cm³/mol. The number of carbonyl (C=O) groups is 1. The Bertz CT molecular complexity index is 562. The molecule has 0 radical (unpaired) electrons. The number of amides is 1. The zero-order chi connectivity index (χ0) is 16.1. The second-order valence-electron chi connectivity index (χ2n) is 5.58. The van der Waals surface area contributed by atoms with E-state index in [-0.39, 0.29) is 23.7 Å². The molecule has 0 aliphatic carbocycles. The summed E-state index contributed by atoms with van der Waals surface area (Å²) in [5.74, 6) is -0.653. The minimum absolute atomic E-state index is 0. The van der Waals surface area contributed by atoms with Gasteiger partial charge in [0.05, 0.1) is 4.92 Å². The van der Waals surface area contributed by atoms with Gasteiger partial charge >= 0.3 is 0 Å². The highest BCUT2D eigenvalue weighted by Gasteiger charge is 2.25. The summed E-state index contributed by atoms with van der Waals surface area (Å²) in [7, 11) is 0. The third-order valence-corrected chi connectivity index (χ3v) is 4.00. The van der Waals surface area contributed by atoms with Gasteiger partial charge in [0.2, 0.25) is 5.91 Å². The lowest BCUT2D eigenvalue weighted by atomic mass is 10.1. The zero-order valence-corrected chi connectivity index (χ0v) is 14.0. The average molecular weight is 343 g/mol. The van der Waals surface area contributed by atoms with Crippen molar-refractivity contribution in [3.63, 3.8) is 0 Å². The number of carbonyl (C=O) groups excluding carboxylic acids is 1. The Morgan fingerprint density at radius 2 is 2.26 bits per heavy atom. The summed E-state index contributed by atoms with van der Waals surface area (Å²) in [5, 5.41) is 14.6. The van der Waals surface area contributed by atoms with Gasteiger partial charge in [-0.05, 0) is 32.0 Å². The van der Waals surface area contributed by atoms with Crippen molar-refractivity contribution in [1.82, 2.24) is 10.2 Å². The molecule has 7 nitrogen and oxygen atoms in total. The first kappa shape index (κ1) is 19.3. The van der Waals surface area contributed by atoms with Crippen molar-refractivity contribution in [2.24, 2.45) is 5.73 Å². The number of hydrogen-bond donors (Lipinski definition) is 2. The molecule has 0 bridgehead atoms. The quantitative estimate of drug-likeness (QED) is 0.580. The minimum atomic E-state index is -0.653. The van der Waals surface area contributed by atoms with Gasteiger partial charge in [-0.25, -0.2) is 0 Å². The Morgan fingerprint density at radius 3 is 2.78 bits per heavy atom. The smallest absolute Gasteiger partial charge is 0.274 e. The highest BCUT2D eigenvalue weighted by molar-refractivity contribution is 5.93. The summed E-state index contributed by atoms with van der Waals surface area (Å²) in [4.78, 5) is 24.3. The number of hydrogen-bond acceptors (Lipinski definition) is 5. The van der Waals surface area contributed by atoms with Gasteiger partial charge in [-0.3, -0.25) is 19.8 Å². The lowest BCUT2D eigenvalue weighted by molar-refractivity contribution is -0.385. The van der Waals surface area contributed by atoms with Crippen LogP contribution in [0.2, 0.25) is 0 Å². The maximum atomic E-state index is 11.3. The number of halogens is 1. The predicted octanol–water partition coefficient (Wildman–Crippen LogP) is 1.69. The van der Waals surface area contributed by atoms with Crippen LogP contribution in [0.25, 0.3) is 0 Å². The molecule has 23 heavy (non-hydrogen) atoms. The number of nitrogens with one attached hydrogen (secondary N) is 1. The monoisotopic (exact) mass is 342 g/mol. The number of rotatable bonds is 7. The van der Waals surface area contributed by atoms with Gasteiger partial charge in [0, 0.05) is 36.3 Å². The van der Waals surface area contributed by atoms with Crippen LogP contribution >= 0.6 is 12.4 Å². The summed E-state index contributed by atoms with van der Waals surface area (Å²) in [6.45, 7) is 5.39. The van der Waals surface area contributed by atoms with E-state index in [0.717, 1.165) is 32.5 Å². The maximum absolute atomic E-state index is 11.3. The number of benzene rings is 1. The molecule has 0 saturated carbocycles. The van der Waals surface area contributed by atoms with Gasteiger partial charge in [0.15, 0.2) is 0 Å². The van der Waals surface area contributed by atoms with Crippen LogP contribution in [0.15, 0.2) is 18.2 Å². The molecule has 1 heterocycles. The van der Waals surface area contributed by atoms with Crippen LogP contribution in [0.4, 0.5) is 5.69 Å². The van der Waals surface area contributed by atoms with Crippen LogP contribution < -0.4 is 11.1 Å². The molecular formula is C15H23ClN4O3. The molecular weight excluding hydrogens is 320 g/mol. The molecule has 3 N–H and O–H groups in total. The summed E-state index contributed by atoms with van der Waals surface area (Å²) in [5.41, 5.74) is 5.95. The van der Waals surface area contributed by atoms with E-state index in [1.807, 2.05) is 0 Å². The van der Waals surface area contributed by atoms with E-state index in [2.05, 4.69) is 17.1 Å². The number of nitrogens with two attached hydrogens (primary N) is 1. The van der Waals surface area contributed by atoms with Crippen molar-refractivity contribution in [2.45, 2.75) is 32.4 Å². The fourth-order valence-corrected chi connectivity index (χ4v) is 2.87. The van der Waals surface area contributed by atoms with Crippen molar-refractivity contribution >= 4 is 24.0 Å². The number of primary amides is 1. The second kappa shape index (κ2) is 8.81. The van der Waals surface area contributed by atoms with E-state index in [1.165, 1.54) is 6.07 Å². The fourth-order valence-electron chi connectivity index (χ4n) is 2.87. The Kier molecular flexibility index (Phi) is 7.41. The molecule has 1 aromatic carbocycles. The van der Waals surface area contributed by atoms with Crippen molar-refractivity contribution in [3.05, 3.63) is 39.4 Å². The van der Waals surface area contributed by atoms with E-state index in [0.29, 0.717) is 18.2 Å². The Balaban J connectivity index is 0.00000264. The van der Waals surface area contributed by atoms with Gasteiger partial charge in [0.25, 0.3) is 5.69 Å². The van der Waals surface area contributed by atoms with Gasteiger partial charge in [-0.15, -0.1) is 12.4 Å². The second-order valence-corrected chi connectivity index (χ2v) is 5.58. The first-order valence-corrected chi connectivity index (χ1v) is 7.54. The Hall–Kier alpha value is -1.70. The van der Waals surface area contributed by atoms with Gasteiger partial charge in [-0.1, -0.05) is 13.0 Å². The maximum Gasteiger partial charge on any atom is 0.274 e. The van der Waals surface area contributed by atoms with Gasteiger partial charge in [-0.2, -0.15) is 0 Å². The molecule has 1 fully saturated rings.